The Morgan fingerprint density at radius 1 is 1.70 bits per heavy atom. The summed E-state index contributed by atoms with van der Waals surface area (Å²) >= 11 is 0. The number of rotatable bonds is 2. The van der Waals surface area contributed by atoms with Crippen LogP contribution in [0, 0.1) is 0 Å². The fourth-order valence-electron chi connectivity index (χ4n) is 0.680. The van der Waals surface area contributed by atoms with Gasteiger partial charge in [0.2, 0.25) is 0 Å². The van der Waals surface area contributed by atoms with Gasteiger partial charge in [0.15, 0.2) is 0 Å². The Labute approximate surface area is 56.5 Å². The van der Waals surface area contributed by atoms with E-state index in [0.717, 1.165) is 4.57 Å². The number of aromatic nitrogens is 2. The second-order valence-corrected chi connectivity index (χ2v) is 1.73. The molecule has 0 fully saturated rings. The molecular weight excluding hydrogens is 140 g/mol. The highest BCUT2D eigenvalue weighted by Gasteiger charge is 2.08. The van der Waals surface area contributed by atoms with Gasteiger partial charge >= 0.3 is 6.55 Å². The summed E-state index contributed by atoms with van der Waals surface area (Å²) in [5, 5.41) is 0. The van der Waals surface area contributed by atoms with Crippen LogP contribution < -0.4 is 5.73 Å². The van der Waals surface area contributed by atoms with E-state index in [2.05, 4.69) is 4.98 Å². The fourth-order valence-corrected chi connectivity index (χ4v) is 0.680. The molecule has 0 radical (unpaired) electrons. The van der Waals surface area contributed by atoms with Gasteiger partial charge in [0.05, 0.1) is 6.54 Å². The van der Waals surface area contributed by atoms with E-state index in [1.54, 1.807) is 0 Å². The highest BCUT2D eigenvalue weighted by atomic mass is 19.3. The van der Waals surface area contributed by atoms with E-state index in [-0.39, 0.29) is 12.4 Å². The van der Waals surface area contributed by atoms with Crippen molar-refractivity contribution in [2.24, 2.45) is 5.73 Å². The number of nitrogens with zero attached hydrogens (tertiary/aromatic N) is 2. The van der Waals surface area contributed by atoms with E-state index in [9.17, 15) is 8.78 Å². The molecule has 3 nitrogen and oxygen atoms in total. The van der Waals surface area contributed by atoms with Crippen molar-refractivity contribution in [3.63, 3.8) is 0 Å². The zero-order valence-corrected chi connectivity index (χ0v) is 5.17. The first-order chi connectivity index (χ1) is 4.75. The van der Waals surface area contributed by atoms with Gasteiger partial charge in [0.1, 0.15) is 5.82 Å². The average molecular weight is 147 g/mol. The van der Waals surface area contributed by atoms with Crippen LogP contribution in [-0.2, 0) is 6.54 Å². The van der Waals surface area contributed by atoms with E-state index >= 15 is 0 Å². The molecule has 0 atom stereocenters. The van der Waals surface area contributed by atoms with Crippen LogP contribution in [0.2, 0.25) is 0 Å². The summed E-state index contributed by atoms with van der Waals surface area (Å²) in [6.07, 6.45) is 2.50. The Bertz CT molecular complexity index is 208. The Kier molecular flexibility index (Phi) is 1.96. The number of alkyl halides is 2. The van der Waals surface area contributed by atoms with Crippen LogP contribution in [0.1, 0.15) is 12.4 Å². The van der Waals surface area contributed by atoms with Crippen LogP contribution in [0.15, 0.2) is 12.4 Å². The van der Waals surface area contributed by atoms with Crippen molar-refractivity contribution < 1.29 is 8.78 Å². The average Bonchev–Trinajstić information content (AvgIpc) is 2.33. The monoisotopic (exact) mass is 147 g/mol. The molecule has 0 aliphatic rings. The number of hydrogen-bond acceptors (Lipinski definition) is 2. The summed E-state index contributed by atoms with van der Waals surface area (Å²) in [4.78, 5) is 3.61. The largest absolute Gasteiger partial charge is 0.324 e. The summed E-state index contributed by atoms with van der Waals surface area (Å²) in [6, 6.07) is 0. The van der Waals surface area contributed by atoms with Gasteiger partial charge in [-0.25, -0.2) is 4.98 Å². The molecule has 10 heavy (non-hydrogen) atoms. The molecule has 0 saturated heterocycles. The zero-order chi connectivity index (χ0) is 7.56. The minimum atomic E-state index is -2.54. The molecule has 1 aromatic rings. The number of hydrogen-bond donors (Lipinski definition) is 1. The van der Waals surface area contributed by atoms with Gasteiger partial charge in [-0.1, -0.05) is 0 Å². The predicted octanol–water partition coefficient (Wildman–Crippen LogP) is 0.737. The van der Waals surface area contributed by atoms with E-state index in [1.165, 1.54) is 12.4 Å². The molecule has 56 valence electrons. The van der Waals surface area contributed by atoms with E-state index < -0.39 is 6.55 Å². The molecule has 0 bridgehead atoms. The van der Waals surface area contributed by atoms with Crippen molar-refractivity contribution in [1.29, 1.82) is 0 Å². The quantitative estimate of drug-likeness (QED) is 0.670. The lowest BCUT2D eigenvalue weighted by Gasteiger charge is -2.02. The van der Waals surface area contributed by atoms with Crippen molar-refractivity contribution in [2.45, 2.75) is 13.1 Å². The van der Waals surface area contributed by atoms with Crippen molar-refractivity contribution in [3.8, 4) is 0 Å². The molecule has 0 aliphatic heterocycles. The maximum atomic E-state index is 11.9. The molecule has 0 unspecified atom stereocenters. The first kappa shape index (κ1) is 7.14. The lowest BCUT2D eigenvalue weighted by atomic mass is 10.6. The maximum Gasteiger partial charge on any atom is 0.319 e. The third kappa shape index (κ3) is 1.13. The Balaban J connectivity index is 2.90. The van der Waals surface area contributed by atoms with Gasteiger partial charge < -0.3 is 5.73 Å². The van der Waals surface area contributed by atoms with Crippen LogP contribution in [0.4, 0.5) is 8.78 Å². The lowest BCUT2D eigenvalue weighted by molar-refractivity contribution is 0.0671. The number of nitrogens with two attached hydrogens (primary N) is 1. The van der Waals surface area contributed by atoms with Crippen molar-refractivity contribution in [3.05, 3.63) is 18.2 Å². The number of halogens is 2. The molecular formula is C5H7F2N3. The van der Waals surface area contributed by atoms with Crippen LogP contribution in [0.3, 0.4) is 0 Å². The van der Waals surface area contributed by atoms with Crippen LogP contribution in [0.25, 0.3) is 0 Å². The van der Waals surface area contributed by atoms with Gasteiger partial charge in [-0.2, -0.15) is 8.78 Å². The molecule has 2 N–H and O–H groups in total. The molecule has 0 spiro atoms. The van der Waals surface area contributed by atoms with Crippen molar-refractivity contribution >= 4 is 0 Å². The van der Waals surface area contributed by atoms with Crippen LogP contribution in [-0.4, -0.2) is 9.55 Å². The molecule has 0 amide bonds. The van der Waals surface area contributed by atoms with Gasteiger partial charge in [0.25, 0.3) is 0 Å². The van der Waals surface area contributed by atoms with Gasteiger partial charge in [-0.05, 0) is 0 Å². The normalized spacial score (nSPS) is 10.8. The number of imidazole rings is 1. The predicted molar refractivity (Wildman–Crippen MR) is 31.4 cm³/mol. The Morgan fingerprint density at radius 3 is 2.80 bits per heavy atom. The summed E-state index contributed by atoms with van der Waals surface area (Å²) in [7, 11) is 0. The lowest BCUT2D eigenvalue weighted by Crippen LogP contribution is -2.08. The first-order valence-corrected chi connectivity index (χ1v) is 2.75. The minimum absolute atomic E-state index is 0.0390. The topological polar surface area (TPSA) is 43.8 Å². The standard InChI is InChI=1S/C5H7F2N3/c6-5(7)10-2-1-9-4(10)3-8/h1-2,5H,3,8H2. The molecule has 1 rings (SSSR count). The second kappa shape index (κ2) is 2.74. The highest BCUT2D eigenvalue weighted by Crippen LogP contribution is 2.11. The Morgan fingerprint density at radius 2 is 2.40 bits per heavy atom. The fraction of sp³-hybridized carbons (Fsp3) is 0.400. The molecule has 5 heteroatoms. The zero-order valence-electron chi connectivity index (χ0n) is 5.17. The summed E-state index contributed by atoms with van der Waals surface area (Å²) < 4.78 is 24.6. The van der Waals surface area contributed by atoms with Crippen molar-refractivity contribution in [2.75, 3.05) is 0 Å². The Hall–Kier alpha value is -0.970. The molecule has 1 aromatic heterocycles. The van der Waals surface area contributed by atoms with Crippen LogP contribution >= 0.6 is 0 Å². The van der Waals surface area contributed by atoms with Gasteiger partial charge in [0, 0.05) is 12.4 Å². The first-order valence-electron chi connectivity index (χ1n) is 2.75. The third-order valence-corrected chi connectivity index (χ3v) is 1.14. The smallest absolute Gasteiger partial charge is 0.319 e. The third-order valence-electron chi connectivity index (χ3n) is 1.14. The van der Waals surface area contributed by atoms with Gasteiger partial charge in [-0.3, -0.25) is 4.57 Å². The summed E-state index contributed by atoms with van der Waals surface area (Å²) in [5.74, 6) is 0.204. The van der Waals surface area contributed by atoms with E-state index in [1.807, 2.05) is 0 Å². The maximum absolute atomic E-state index is 11.9. The SMILES string of the molecule is NCc1nccn1C(F)F. The van der Waals surface area contributed by atoms with E-state index in [4.69, 9.17) is 5.73 Å². The van der Waals surface area contributed by atoms with Crippen molar-refractivity contribution in [1.82, 2.24) is 9.55 Å². The van der Waals surface area contributed by atoms with Gasteiger partial charge in [-0.15, -0.1) is 0 Å². The second-order valence-electron chi connectivity index (χ2n) is 1.73. The summed E-state index contributed by atoms with van der Waals surface area (Å²) in [5.41, 5.74) is 5.12. The minimum Gasteiger partial charge on any atom is -0.324 e. The molecule has 0 aromatic carbocycles. The molecule has 0 aliphatic carbocycles. The molecule has 0 saturated carbocycles. The van der Waals surface area contributed by atoms with Crippen LogP contribution in [0.5, 0.6) is 0 Å². The van der Waals surface area contributed by atoms with E-state index in [0.29, 0.717) is 0 Å². The molecule has 1 heterocycles. The summed E-state index contributed by atoms with van der Waals surface area (Å²) in [6.45, 7) is -2.50. The highest BCUT2D eigenvalue weighted by molar-refractivity contribution is 4.91.